The lowest BCUT2D eigenvalue weighted by Crippen LogP contribution is -2.12. The van der Waals surface area contributed by atoms with E-state index in [1.807, 2.05) is 18.2 Å². The van der Waals surface area contributed by atoms with Crippen molar-refractivity contribution >= 4 is 15.9 Å². The van der Waals surface area contributed by atoms with Crippen LogP contribution in [-0.4, -0.2) is 6.54 Å². The van der Waals surface area contributed by atoms with Gasteiger partial charge in [-0.25, -0.2) is 4.39 Å². The van der Waals surface area contributed by atoms with Crippen LogP contribution >= 0.6 is 15.9 Å². The molecule has 4 heteroatoms. The van der Waals surface area contributed by atoms with Gasteiger partial charge in [0.15, 0.2) is 11.6 Å². The Hall–Kier alpha value is -1.39. The molecule has 0 saturated carbocycles. The van der Waals surface area contributed by atoms with Crippen LogP contribution in [0.4, 0.5) is 4.39 Å². The Bertz CT molecular complexity index is 601. The van der Waals surface area contributed by atoms with Crippen molar-refractivity contribution in [3.63, 3.8) is 0 Å². The second kappa shape index (κ2) is 6.86. The van der Waals surface area contributed by atoms with Crippen molar-refractivity contribution in [2.45, 2.75) is 20.4 Å². The summed E-state index contributed by atoms with van der Waals surface area (Å²) in [6.07, 6.45) is 0. The number of benzene rings is 2. The van der Waals surface area contributed by atoms with E-state index in [0.717, 1.165) is 23.1 Å². The second-order valence-corrected chi connectivity index (χ2v) is 5.38. The highest BCUT2D eigenvalue weighted by Gasteiger charge is 2.08. The molecule has 0 aliphatic carbocycles. The smallest absolute Gasteiger partial charge is 0.168 e. The molecule has 0 amide bonds. The van der Waals surface area contributed by atoms with E-state index in [-0.39, 0.29) is 11.6 Å². The number of hydrogen-bond acceptors (Lipinski definition) is 2. The minimum atomic E-state index is -0.319. The summed E-state index contributed by atoms with van der Waals surface area (Å²) in [5, 5.41) is 3.26. The molecule has 2 aromatic rings. The molecule has 0 aliphatic rings. The van der Waals surface area contributed by atoms with Crippen molar-refractivity contribution in [1.29, 1.82) is 0 Å². The summed E-state index contributed by atoms with van der Waals surface area (Å²) in [6, 6.07) is 10.8. The van der Waals surface area contributed by atoms with E-state index in [0.29, 0.717) is 11.3 Å². The van der Waals surface area contributed by atoms with Crippen LogP contribution in [0.1, 0.15) is 18.1 Å². The molecule has 1 N–H and O–H groups in total. The Labute approximate surface area is 127 Å². The molecule has 2 rings (SSSR count). The molecule has 0 aliphatic heterocycles. The van der Waals surface area contributed by atoms with Gasteiger partial charge in [-0.05, 0) is 42.8 Å². The zero-order valence-corrected chi connectivity index (χ0v) is 13.1. The first-order valence-electron chi connectivity index (χ1n) is 6.54. The van der Waals surface area contributed by atoms with Gasteiger partial charge in [-0.1, -0.05) is 41.1 Å². The van der Waals surface area contributed by atoms with E-state index in [1.165, 1.54) is 0 Å². The quantitative estimate of drug-likeness (QED) is 0.846. The molecule has 0 saturated heterocycles. The number of hydrogen-bond donors (Lipinski definition) is 1. The Morgan fingerprint density at radius 3 is 2.75 bits per heavy atom. The van der Waals surface area contributed by atoms with Crippen molar-refractivity contribution in [2.75, 3.05) is 6.54 Å². The minimum Gasteiger partial charge on any atom is -0.454 e. The Balaban J connectivity index is 2.18. The summed E-state index contributed by atoms with van der Waals surface area (Å²) < 4.78 is 20.4. The Kier molecular flexibility index (Phi) is 5.15. The summed E-state index contributed by atoms with van der Waals surface area (Å²) in [5.41, 5.74) is 1.72. The standard InChI is InChI=1S/C16H17BrFNO/c1-3-19-10-12-7-8-13(9-14(12)17)20-15-6-4-5-11(2)16(15)18/h4-9,19H,3,10H2,1-2H3. The van der Waals surface area contributed by atoms with E-state index in [1.54, 1.807) is 25.1 Å². The molecule has 2 aromatic carbocycles. The third-order valence-corrected chi connectivity index (χ3v) is 3.71. The summed E-state index contributed by atoms with van der Waals surface area (Å²) in [5.74, 6) is 0.540. The highest BCUT2D eigenvalue weighted by Crippen LogP contribution is 2.29. The monoisotopic (exact) mass is 337 g/mol. The zero-order chi connectivity index (χ0) is 14.5. The third-order valence-electron chi connectivity index (χ3n) is 2.97. The van der Waals surface area contributed by atoms with E-state index in [4.69, 9.17) is 4.74 Å². The van der Waals surface area contributed by atoms with Crippen molar-refractivity contribution < 1.29 is 9.13 Å². The second-order valence-electron chi connectivity index (χ2n) is 4.52. The van der Waals surface area contributed by atoms with Crippen LogP contribution in [0.15, 0.2) is 40.9 Å². The first-order valence-corrected chi connectivity index (χ1v) is 7.33. The van der Waals surface area contributed by atoms with Gasteiger partial charge in [-0.15, -0.1) is 0 Å². The average Bonchev–Trinajstić information content (AvgIpc) is 2.43. The van der Waals surface area contributed by atoms with Gasteiger partial charge in [0.25, 0.3) is 0 Å². The topological polar surface area (TPSA) is 21.3 Å². The summed E-state index contributed by atoms with van der Waals surface area (Å²) >= 11 is 3.51. The Morgan fingerprint density at radius 2 is 2.05 bits per heavy atom. The maximum atomic E-state index is 13.9. The molecule has 0 radical (unpaired) electrons. The fourth-order valence-corrected chi connectivity index (χ4v) is 2.32. The van der Waals surface area contributed by atoms with Gasteiger partial charge in [0.2, 0.25) is 0 Å². The summed E-state index contributed by atoms with van der Waals surface area (Å²) in [6.45, 7) is 5.49. The van der Waals surface area contributed by atoms with Gasteiger partial charge < -0.3 is 10.1 Å². The van der Waals surface area contributed by atoms with Gasteiger partial charge in [0, 0.05) is 11.0 Å². The molecule has 106 valence electrons. The SMILES string of the molecule is CCNCc1ccc(Oc2cccc(C)c2F)cc1Br. The van der Waals surface area contributed by atoms with E-state index < -0.39 is 0 Å². The fraction of sp³-hybridized carbons (Fsp3) is 0.250. The maximum Gasteiger partial charge on any atom is 0.168 e. The largest absolute Gasteiger partial charge is 0.454 e. The third kappa shape index (κ3) is 3.58. The molecule has 0 bridgehead atoms. The number of halogens is 2. The predicted octanol–water partition coefficient (Wildman–Crippen LogP) is 4.80. The number of ether oxygens (including phenoxy) is 1. The number of nitrogens with one attached hydrogen (secondary N) is 1. The van der Waals surface area contributed by atoms with Crippen LogP contribution in [0.2, 0.25) is 0 Å². The minimum absolute atomic E-state index is 0.247. The number of aryl methyl sites for hydroxylation is 1. The highest BCUT2D eigenvalue weighted by atomic mass is 79.9. The molecule has 0 heterocycles. The lowest BCUT2D eigenvalue weighted by atomic mass is 10.2. The van der Waals surface area contributed by atoms with Gasteiger partial charge in [-0.3, -0.25) is 0 Å². The fourth-order valence-electron chi connectivity index (χ4n) is 1.82. The lowest BCUT2D eigenvalue weighted by molar-refractivity contribution is 0.439. The van der Waals surface area contributed by atoms with Crippen LogP contribution in [0.5, 0.6) is 11.5 Å². The van der Waals surface area contributed by atoms with Crippen LogP contribution in [0.3, 0.4) is 0 Å². The van der Waals surface area contributed by atoms with Crippen molar-refractivity contribution in [2.24, 2.45) is 0 Å². The molecule has 2 nitrogen and oxygen atoms in total. The molecular formula is C16H17BrFNO. The maximum absolute atomic E-state index is 13.9. The molecular weight excluding hydrogens is 321 g/mol. The van der Waals surface area contributed by atoms with Crippen LogP contribution in [0.25, 0.3) is 0 Å². The van der Waals surface area contributed by atoms with Crippen LogP contribution < -0.4 is 10.1 Å². The molecule has 0 unspecified atom stereocenters. The first-order chi connectivity index (χ1) is 9.61. The van der Waals surface area contributed by atoms with Crippen molar-refractivity contribution in [3.05, 3.63) is 57.8 Å². The molecule has 0 atom stereocenters. The molecule has 0 spiro atoms. The Morgan fingerprint density at radius 1 is 1.25 bits per heavy atom. The van der Waals surface area contributed by atoms with Gasteiger partial charge in [0.1, 0.15) is 5.75 Å². The van der Waals surface area contributed by atoms with Crippen molar-refractivity contribution in [3.8, 4) is 11.5 Å². The summed E-state index contributed by atoms with van der Waals surface area (Å²) in [7, 11) is 0. The van der Waals surface area contributed by atoms with Gasteiger partial charge in [-0.2, -0.15) is 0 Å². The van der Waals surface area contributed by atoms with Gasteiger partial charge >= 0.3 is 0 Å². The van der Waals surface area contributed by atoms with Crippen LogP contribution in [0, 0.1) is 12.7 Å². The molecule has 0 aromatic heterocycles. The molecule has 20 heavy (non-hydrogen) atoms. The van der Waals surface area contributed by atoms with Gasteiger partial charge in [0.05, 0.1) is 0 Å². The lowest BCUT2D eigenvalue weighted by Gasteiger charge is -2.10. The van der Waals surface area contributed by atoms with Crippen molar-refractivity contribution in [1.82, 2.24) is 5.32 Å². The molecule has 0 fully saturated rings. The number of rotatable bonds is 5. The first kappa shape index (κ1) is 15.0. The predicted molar refractivity (Wildman–Crippen MR) is 82.7 cm³/mol. The highest BCUT2D eigenvalue weighted by molar-refractivity contribution is 9.10. The zero-order valence-electron chi connectivity index (χ0n) is 11.5. The van der Waals surface area contributed by atoms with E-state index in [9.17, 15) is 4.39 Å². The van der Waals surface area contributed by atoms with Crippen LogP contribution in [-0.2, 0) is 6.54 Å². The van der Waals surface area contributed by atoms with E-state index in [2.05, 4.69) is 28.2 Å². The van der Waals surface area contributed by atoms with E-state index >= 15 is 0 Å². The normalized spacial score (nSPS) is 10.6. The average molecular weight is 338 g/mol. The summed E-state index contributed by atoms with van der Waals surface area (Å²) in [4.78, 5) is 0.